The maximum absolute atomic E-state index is 12.4. The summed E-state index contributed by atoms with van der Waals surface area (Å²) in [7, 11) is 0. The first-order chi connectivity index (χ1) is 9.78. The van der Waals surface area contributed by atoms with Crippen molar-refractivity contribution in [3.63, 3.8) is 0 Å². The first-order valence-corrected chi connectivity index (χ1v) is 7.54. The van der Waals surface area contributed by atoms with Gasteiger partial charge in [-0.3, -0.25) is 9.78 Å². The number of carbonyl (C=O) groups is 1. The average Bonchev–Trinajstić information content (AvgIpc) is 2.97. The fourth-order valence-electron chi connectivity index (χ4n) is 2.29. The van der Waals surface area contributed by atoms with Crippen molar-refractivity contribution in [2.75, 3.05) is 0 Å². The second kappa shape index (κ2) is 5.55. The van der Waals surface area contributed by atoms with Gasteiger partial charge in [0.15, 0.2) is 5.78 Å². The first-order valence-electron chi connectivity index (χ1n) is 6.72. The third-order valence-corrected chi connectivity index (χ3v) is 4.65. The molecule has 0 bridgehead atoms. The van der Waals surface area contributed by atoms with Crippen LogP contribution in [0.4, 0.5) is 0 Å². The lowest BCUT2D eigenvalue weighted by Crippen LogP contribution is -2.02. The van der Waals surface area contributed by atoms with Crippen LogP contribution in [0, 0.1) is 0 Å². The van der Waals surface area contributed by atoms with E-state index in [0.717, 1.165) is 27.8 Å². The number of hydrogen-bond donors (Lipinski definition) is 0. The SMILES string of the molecule is CCc1ccc(C(=O)Cc2ccnc3ccccc23)s1. The number of thiophene rings is 1. The molecule has 2 aromatic heterocycles. The minimum Gasteiger partial charge on any atom is -0.293 e. The highest BCUT2D eigenvalue weighted by Crippen LogP contribution is 2.22. The molecule has 0 atom stereocenters. The number of rotatable bonds is 4. The van der Waals surface area contributed by atoms with E-state index in [2.05, 4.69) is 11.9 Å². The molecule has 1 aromatic carbocycles. The summed E-state index contributed by atoms with van der Waals surface area (Å²) in [5.74, 6) is 0.186. The van der Waals surface area contributed by atoms with Crippen LogP contribution in [0.3, 0.4) is 0 Å². The number of fused-ring (bicyclic) bond motifs is 1. The largest absolute Gasteiger partial charge is 0.293 e. The predicted octanol–water partition coefficient (Wildman–Crippen LogP) is 4.28. The smallest absolute Gasteiger partial charge is 0.177 e. The summed E-state index contributed by atoms with van der Waals surface area (Å²) < 4.78 is 0. The summed E-state index contributed by atoms with van der Waals surface area (Å²) in [5, 5.41) is 1.07. The number of pyridine rings is 1. The van der Waals surface area contributed by atoms with Crippen molar-refractivity contribution in [3.05, 3.63) is 64.0 Å². The van der Waals surface area contributed by atoms with Gasteiger partial charge in [-0.25, -0.2) is 0 Å². The van der Waals surface area contributed by atoms with Gasteiger partial charge in [0.25, 0.3) is 0 Å². The van der Waals surface area contributed by atoms with E-state index in [4.69, 9.17) is 0 Å². The van der Waals surface area contributed by atoms with Crippen molar-refractivity contribution in [2.45, 2.75) is 19.8 Å². The van der Waals surface area contributed by atoms with Crippen LogP contribution in [-0.2, 0) is 12.8 Å². The average molecular weight is 281 g/mol. The normalized spacial score (nSPS) is 10.8. The predicted molar refractivity (Wildman–Crippen MR) is 83.5 cm³/mol. The van der Waals surface area contributed by atoms with Crippen LogP contribution in [0.15, 0.2) is 48.7 Å². The monoisotopic (exact) mass is 281 g/mol. The van der Waals surface area contributed by atoms with Crippen LogP contribution in [0.2, 0.25) is 0 Å². The van der Waals surface area contributed by atoms with Crippen LogP contribution in [-0.4, -0.2) is 10.8 Å². The van der Waals surface area contributed by atoms with Crippen molar-refractivity contribution in [1.82, 2.24) is 4.98 Å². The maximum atomic E-state index is 12.4. The number of carbonyl (C=O) groups excluding carboxylic acids is 1. The molecule has 3 rings (SSSR count). The lowest BCUT2D eigenvalue weighted by Gasteiger charge is -2.04. The molecular weight excluding hydrogens is 266 g/mol. The summed E-state index contributed by atoms with van der Waals surface area (Å²) in [4.78, 5) is 18.8. The number of para-hydroxylation sites is 1. The maximum Gasteiger partial charge on any atom is 0.177 e. The summed E-state index contributed by atoms with van der Waals surface area (Å²) in [6.07, 6.45) is 3.19. The van der Waals surface area contributed by atoms with E-state index in [0.29, 0.717) is 6.42 Å². The number of hydrogen-bond acceptors (Lipinski definition) is 3. The van der Waals surface area contributed by atoms with Crippen molar-refractivity contribution < 1.29 is 4.79 Å². The third kappa shape index (κ3) is 2.49. The van der Waals surface area contributed by atoms with Crippen LogP contribution in [0.5, 0.6) is 0 Å². The molecule has 0 radical (unpaired) electrons. The molecule has 0 saturated heterocycles. The summed E-state index contributed by atoms with van der Waals surface area (Å²) in [5.41, 5.74) is 1.99. The second-order valence-corrected chi connectivity index (χ2v) is 5.88. The highest BCUT2D eigenvalue weighted by Gasteiger charge is 2.11. The fraction of sp³-hybridized carbons (Fsp3) is 0.176. The molecule has 0 unspecified atom stereocenters. The molecule has 0 aliphatic heterocycles. The number of ketones is 1. The minimum absolute atomic E-state index is 0.186. The second-order valence-electron chi connectivity index (χ2n) is 4.71. The molecule has 0 fully saturated rings. The van der Waals surface area contributed by atoms with E-state index in [1.54, 1.807) is 17.5 Å². The summed E-state index contributed by atoms with van der Waals surface area (Å²) >= 11 is 1.60. The minimum atomic E-state index is 0.186. The van der Waals surface area contributed by atoms with Gasteiger partial charge in [-0.2, -0.15) is 0 Å². The van der Waals surface area contributed by atoms with E-state index >= 15 is 0 Å². The summed E-state index contributed by atoms with van der Waals surface area (Å²) in [6.45, 7) is 2.11. The number of nitrogens with zero attached hydrogens (tertiary/aromatic N) is 1. The van der Waals surface area contributed by atoms with Gasteiger partial charge in [-0.15, -0.1) is 11.3 Å². The number of aryl methyl sites for hydroxylation is 1. The summed E-state index contributed by atoms with van der Waals surface area (Å²) in [6, 6.07) is 13.9. The van der Waals surface area contributed by atoms with Gasteiger partial charge < -0.3 is 0 Å². The molecule has 0 aliphatic rings. The lowest BCUT2D eigenvalue weighted by atomic mass is 10.0. The van der Waals surface area contributed by atoms with E-state index in [-0.39, 0.29) is 5.78 Å². The third-order valence-electron chi connectivity index (χ3n) is 3.38. The quantitative estimate of drug-likeness (QED) is 0.668. The Bertz CT molecular complexity index is 755. The van der Waals surface area contributed by atoms with Gasteiger partial charge in [0, 0.05) is 22.9 Å². The number of benzene rings is 1. The van der Waals surface area contributed by atoms with Gasteiger partial charge in [0.1, 0.15) is 0 Å². The molecule has 0 N–H and O–H groups in total. The molecule has 0 amide bonds. The number of Topliss-reactive ketones (excluding diaryl/α,β-unsaturated/α-hetero) is 1. The van der Waals surface area contributed by atoms with E-state index in [1.165, 1.54) is 4.88 Å². The van der Waals surface area contributed by atoms with Gasteiger partial charge >= 0.3 is 0 Å². The molecule has 0 saturated carbocycles. The Balaban J connectivity index is 1.91. The standard InChI is InChI=1S/C17H15NOS/c1-2-13-7-8-17(20-13)16(19)11-12-9-10-18-15-6-4-3-5-14(12)15/h3-10H,2,11H2,1H3. The van der Waals surface area contributed by atoms with Crippen molar-refractivity contribution in [3.8, 4) is 0 Å². The van der Waals surface area contributed by atoms with Gasteiger partial charge in [0.05, 0.1) is 10.4 Å². The molecule has 20 heavy (non-hydrogen) atoms. The topological polar surface area (TPSA) is 30.0 Å². The molecule has 2 nitrogen and oxygen atoms in total. The zero-order valence-electron chi connectivity index (χ0n) is 11.3. The van der Waals surface area contributed by atoms with Crippen LogP contribution in [0.1, 0.15) is 27.0 Å². The Kier molecular flexibility index (Phi) is 3.61. The van der Waals surface area contributed by atoms with Gasteiger partial charge in [-0.1, -0.05) is 25.1 Å². The van der Waals surface area contributed by atoms with E-state index in [9.17, 15) is 4.79 Å². The zero-order chi connectivity index (χ0) is 13.9. The van der Waals surface area contributed by atoms with Gasteiger partial charge in [0.2, 0.25) is 0 Å². The molecule has 100 valence electrons. The lowest BCUT2D eigenvalue weighted by molar-refractivity contribution is 0.0997. The molecule has 3 heteroatoms. The van der Waals surface area contributed by atoms with E-state index < -0.39 is 0 Å². The van der Waals surface area contributed by atoms with Crippen molar-refractivity contribution >= 4 is 28.0 Å². The highest BCUT2D eigenvalue weighted by molar-refractivity contribution is 7.14. The van der Waals surface area contributed by atoms with Crippen molar-refractivity contribution in [2.24, 2.45) is 0 Å². The Morgan fingerprint density at radius 3 is 2.80 bits per heavy atom. The van der Waals surface area contributed by atoms with Crippen molar-refractivity contribution in [1.29, 1.82) is 0 Å². The Morgan fingerprint density at radius 2 is 2.00 bits per heavy atom. The Hall–Kier alpha value is -2.00. The van der Waals surface area contributed by atoms with Gasteiger partial charge in [-0.05, 0) is 36.2 Å². The van der Waals surface area contributed by atoms with Crippen LogP contribution < -0.4 is 0 Å². The molecule has 0 aliphatic carbocycles. The number of aromatic nitrogens is 1. The Morgan fingerprint density at radius 1 is 1.15 bits per heavy atom. The first kappa shape index (κ1) is 13.0. The van der Waals surface area contributed by atoms with E-state index in [1.807, 2.05) is 42.5 Å². The van der Waals surface area contributed by atoms with Crippen LogP contribution >= 0.6 is 11.3 Å². The Labute approximate surface area is 122 Å². The fourth-order valence-corrected chi connectivity index (χ4v) is 3.17. The molecular formula is C17H15NOS. The molecule has 2 heterocycles. The zero-order valence-corrected chi connectivity index (χ0v) is 12.1. The highest BCUT2D eigenvalue weighted by atomic mass is 32.1. The van der Waals surface area contributed by atoms with Crippen LogP contribution in [0.25, 0.3) is 10.9 Å². The molecule has 3 aromatic rings. The molecule has 0 spiro atoms.